The summed E-state index contributed by atoms with van der Waals surface area (Å²) in [5.74, 6) is -1.45. The number of nitrogens with one attached hydrogen (secondary N) is 1. The third-order valence-corrected chi connectivity index (χ3v) is 4.35. The molecule has 0 saturated carbocycles. The van der Waals surface area contributed by atoms with Crippen molar-refractivity contribution in [1.29, 1.82) is 0 Å². The van der Waals surface area contributed by atoms with Crippen LogP contribution in [0.3, 0.4) is 0 Å². The molecule has 1 aromatic rings. The molecule has 0 aliphatic carbocycles. The van der Waals surface area contributed by atoms with Gasteiger partial charge in [0.05, 0.1) is 5.92 Å². The van der Waals surface area contributed by atoms with Gasteiger partial charge in [-0.3, -0.25) is 9.59 Å². The summed E-state index contributed by atoms with van der Waals surface area (Å²) in [6.07, 6.45) is 1.49. The lowest BCUT2D eigenvalue weighted by molar-refractivity contribution is -0.145. The molecular weight excluding hydrogens is 322 g/mol. The number of carboxylic acids is 1. The largest absolute Gasteiger partial charge is 0.481 e. The minimum absolute atomic E-state index is 0.114. The van der Waals surface area contributed by atoms with Crippen LogP contribution < -0.4 is 5.32 Å². The van der Waals surface area contributed by atoms with E-state index in [1.54, 1.807) is 16.8 Å². The number of hydrogen-bond donors (Lipinski definition) is 2. The lowest BCUT2D eigenvalue weighted by Gasteiger charge is -2.30. The molecule has 3 amide bonds. The Bertz CT molecular complexity index is 606. The summed E-state index contributed by atoms with van der Waals surface area (Å²) >= 11 is 0. The molecule has 7 heteroatoms. The van der Waals surface area contributed by atoms with Gasteiger partial charge in [-0.2, -0.15) is 0 Å². The smallest absolute Gasteiger partial charge is 0.317 e. The average molecular weight is 347 g/mol. The third kappa shape index (κ3) is 5.77. The molecule has 1 fully saturated rings. The molecule has 136 valence electrons. The highest BCUT2D eigenvalue weighted by Gasteiger charge is 2.27. The molecule has 1 saturated heterocycles. The standard InChI is InChI=1S/C18H25N3O4/c1-20(12-14-6-3-2-4-7-14)18(25)19-10-9-16(22)21-11-5-8-15(13-21)17(23)24/h2-4,6-7,15H,5,8-13H2,1H3,(H,19,25)(H,23,24)/t15-/m0/s1. The first-order valence-electron chi connectivity index (χ1n) is 8.51. The number of nitrogens with zero attached hydrogens (tertiary/aromatic N) is 2. The number of benzene rings is 1. The fourth-order valence-corrected chi connectivity index (χ4v) is 2.90. The first-order valence-corrected chi connectivity index (χ1v) is 8.51. The van der Waals surface area contributed by atoms with Crippen LogP contribution in [0.2, 0.25) is 0 Å². The molecule has 0 aromatic heterocycles. The van der Waals surface area contributed by atoms with Crippen molar-refractivity contribution in [3.05, 3.63) is 35.9 Å². The van der Waals surface area contributed by atoms with Gasteiger partial charge in [0.15, 0.2) is 0 Å². The summed E-state index contributed by atoms with van der Waals surface area (Å²) in [7, 11) is 1.70. The zero-order chi connectivity index (χ0) is 18.2. The summed E-state index contributed by atoms with van der Waals surface area (Å²) in [5.41, 5.74) is 1.03. The van der Waals surface area contributed by atoms with E-state index in [1.807, 2.05) is 30.3 Å². The number of aliphatic carboxylic acids is 1. The van der Waals surface area contributed by atoms with Crippen molar-refractivity contribution in [2.24, 2.45) is 5.92 Å². The number of carbonyl (C=O) groups excluding carboxylic acids is 2. The van der Waals surface area contributed by atoms with E-state index in [2.05, 4.69) is 5.32 Å². The quantitative estimate of drug-likeness (QED) is 0.817. The Balaban J connectivity index is 1.71. The lowest BCUT2D eigenvalue weighted by atomic mass is 9.98. The molecular formula is C18H25N3O4. The van der Waals surface area contributed by atoms with E-state index in [9.17, 15) is 14.4 Å². The normalized spacial score (nSPS) is 17.0. The molecule has 0 radical (unpaired) electrons. The van der Waals surface area contributed by atoms with Crippen LogP contribution in [0.4, 0.5) is 4.79 Å². The highest BCUT2D eigenvalue weighted by atomic mass is 16.4. The van der Waals surface area contributed by atoms with Crippen molar-refractivity contribution >= 4 is 17.9 Å². The zero-order valence-electron chi connectivity index (χ0n) is 14.5. The molecule has 0 spiro atoms. The molecule has 1 aliphatic heterocycles. The number of rotatable bonds is 6. The van der Waals surface area contributed by atoms with E-state index >= 15 is 0 Å². The Morgan fingerprint density at radius 2 is 2.00 bits per heavy atom. The number of piperidine rings is 1. The van der Waals surface area contributed by atoms with Crippen molar-refractivity contribution < 1.29 is 19.5 Å². The predicted molar refractivity (Wildman–Crippen MR) is 92.9 cm³/mol. The first kappa shape index (κ1) is 18.8. The van der Waals surface area contributed by atoms with Gasteiger partial charge >= 0.3 is 12.0 Å². The van der Waals surface area contributed by atoms with E-state index in [0.29, 0.717) is 25.9 Å². The molecule has 7 nitrogen and oxygen atoms in total. The second-order valence-electron chi connectivity index (χ2n) is 6.34. The molecule has 1 atom stereocenters. The van der Waals surface area contributed by atoms with Gasteiger partial charge in [-0.05, 0) is 18.4 Å². The van der Waals surface area contributed by atoms with Gasteiger partial charge in [0, 0.05) is 39.6 Å². The molecule has 2 rings (SSSR count). The maximum atomic E-state index is 12.2. The number of hydrogen-bond acceptors (Lipinski definition) is 3. The molecule has 1 aromatic carbocycles. The van der Waals surface area contributed by atoms with Crippen LogP contribution in [0.5, 0.6) is 0 Å². The van der Waals surface area contributed by atoms with Gasteiger partial charge in [0.25, 0.3) is 0 Å². The number of carboxylic acid groups (broad SMARTS) is 1. The number of urea groups is 1. The Hall–Kier alpha value is -2.57. The van der Waals surface area contributed by atoms with Gasteiger partial charge < -0.3 is 20.2 Å². The summed E-state index contributed by atoms with van der Waals surface area (Å²) in [4.78, 5) is 38.4. The van der Waals surface area contributed by atoms with Crippen molar-refractivity contribution in [2.45, 2.75) is 25.8 Å². The minimum atomic E-state index is -0.853. The maximum absolute atomic E-state index is 12.2. The Kier molecular flexibility index (Phi) is 6.80. The zero-order valence-corrected chi connectivity index (χ0v) is 14.5. The van der Waals surface area contributed by atoms with Crippen LogP contribution in [-0.2, 0) is 16.1 Å². The Morgan fingerprint density at radius 1 is 1.28 bits per heavy atom. The average Bonchev–Trinajstić information content (AvgIpc) is 2.62. The van der Waals surface area contributed by atoms with E-state index in [4.69, 9.17) is 5.11 Å². The molecule has 0 bridgehead atoms. The lowest BCUT2D eigenvalue weighted by Crippen LogP contribution is -2.44. The van der Waals surface area contributed by atoms with E-state index in [0.717, 1.165) is 5.56 Å². The Morgan fingerprint density at radius 3 is 2.68 bits per heavy atom. The SMILES string of the molecule is CN(Cc1ccccc1)C(=O)NCCC(=O)N1CCC[C@H](C(=O)O)C1. The molecule has 25 heavy (non-hydrogen) atoms. The van der Waals surface area contributed by atoms with Gasteiger partial charge in [-0.1, -0.05) is 30.3 Å². The number of likely N-dealkylation sites (tertiary alicyclic amines) is 1. The van der Waals surface area contributed by atoms with Crippen LogP contribution in [0.25, 0.3) is 0 Å². The molecule has 2 N–H and O–H groups in total. The summed E-state index contributed by atoms with van der Waals surface area (Å²) in [5, 5.41) is 11.8. The highest BCUT2D eigenvalue weighted by Crippen LogP contribution is 2.17. The molecule has 0 unspecified atom stereocenters. The van der Waals surface area contributed by atoms with Crippen LogP contribution in [0.15, 0.2) is 30.3 Å². The van der Waals surface area contributed by atoms with Gasteiger partial charge in [-0.25, -0.2) is 4.79 Å². The van der Waals surface area contributed by atoms with Crippen LogP contribution in [-0.4, -0.2) is 59.5 Å². The minimum Gasteiger partial charge on any atom is -0.481 e. The predicted octanol–water partition coefficient (Wildman–Crippen LogP) is 1.54. The van der Waals surface area contributed by atoms with Crippen molar-refractivity contribution in [1.82, 2.24) is 15.1 Å². The van der Waals surface area contributed by atoms with Gasteiger partial charge in [0.1, 0.15) is 0 Å². The second kappa shape index (κ2) is 9.05. The second-order valence-corrected chi connectivity index (χ2v) is 6.34. The monoisotopic (exact) mass is 347 g/mol. The fourth-order valence-electron chi connectivity index (χ4n) is 2.90. The summed E-state index contributed by atoms with van der Waals surface area (Å²) in [6.45, 7) is 1.58. The molecule has 1 heterocycles. The Labute approximate surface area is 147 Å². The van der Waals surface area contributed by atoms with E-state index < -0.39 is 11.9 Å². The maximum Gasteiger partial charge on any atom is 0.317 e. The topological polar surface area (TPSA) is 90.0 Å². The van der Waals surface area contributed by atoms with Crippen LogP contribution in [0, 0.1) is 5.92 Å². The fraction of sp³-hybridized carbons (Fsp3) is 0.500. The van der Waals surface area contributed by atoms with Gasteiger partial charge in [0.2, 0.25) is 5.91 Å². The number of carbonyl (C=O) groups is 3. The van der Waals surface area contributed by atoms with Crippen LogP contribution >= 0.6 is 0 Å². The van der Waals surface area contributed by atoms with E-state index in [1.165, 1.54) is 0 Å². The van der Waals surface area contributed by atoms with E-state index in [-0.39, 0.29) is 31.4 Å². The molecule has 1 aliphatic rings. The van der Waals surface area contributed by atoms with Crippen LogP contribution in [0.1, 0.15) is 24.8 Å². The third-order valence-electron chi connectivity index (χ3n) is 4.35. The summed E-state index contributed by atoms with van der Waals surface area (Å²) < 4.78 is 0. The summed E-state index contributed by atoms with van der Waals surface area (Å²) in [6, 6.07) is 9.42. The highest BCUT2D eigenvalue weighted by molar-refractivity contribution is 5.79. The first-order chi connectivity index (χ1) is 12.0. The van der Waals surface area contributed by atoms with Crippen molar-refractivity contribution in [3.63, 3.8) is 0 Å². The van der Waals surface area contributed by atoms with Crippen molar-refractivity contribution in [2.75, 3.05) is 26.7 Å². The number of amides is 3. The van der Waals surface area contributed by atoms with Crippen molar-refractivity contribution in [3.8, 4) is 0 Å². The van der Waals surface area contributed by atoms with Gasteiger partial charge in [-0.15, -0.1) is 0 Å².